The van der Waals surface area contributed by atoms with Crippen LogP contribution in [0.3, 0.4) is 0 Å². The molecule has 1 heterocycles. The number of thioether (sulfide) groups is 1. The fourth-order valence-electron chi connectivity index (χ4n) is 0.479. The number of hydrogen-bond acceptors (Lipinski definition) is 4. The van der Waals surface area contributed by atoms with Gasteiger partial charge in [-0.2, -0.15) is 4.37 Å². The van der Waals surface area contributed by atoms with Crippen molar-refractivity contribution in [2.45, 2.75) is 0 Å². The van der Waals surface area contributed by atoms with Crippen molar-refractivity contribution in [3.05, 3.63) is 15.1 Å². The maximum absolute atomic E-state index is 11.0. The van der Waals surface area contributed by atoms with Crippen molar-refractivity contribution in [2.24, 2.45) is 0 Å². The number of aromatic nitrogens is 1. The van der Waals surface area contributed by atoms with E-state index in [0.717, 1.165) is 23.3 Å². The van der Waals surface area contributed by atoms with Crippen LogP contribution in [0.5, 0.6) is 0 Å². The Hall–Kier alpha value is 0.230. The number of carbonyl (C=O) groups excluding carboxylic acids is 1. The van der Waals surface area contributed by atoms with E-state index >= 15 is 0 Å². The molecule has 6 heteroatoms. The average molecular weight is 228 g/mol. The predicted molar refractivity (Wildman–Crippen MR) is 50.0 cm³/mol. The van der Waals surface area contributed by atoms with Gasteiger partial charge in [0, 0.05) is 0 Å². The Morgan fingerprint density at radius 3 is 2.64 bits per heavy atom. The number of halogens is 2. The number of rotatable bonds is 1. The van der Waals surface area contributed by atoms with Crippen LogP contribution in [0, 0.1) is 0 Å². The molecule has 0 unspecified atom stereocenters. The highest BCUT2D eigenvalue weighted by atomic mass is 35.5. The summed E-state index contributed by atoms with van der Waals surface area (Å²) in [6.45, 7) is 0. The molecule has 1 aromatic heterocycles. The van der Waals surface area contributed by atoms with Crippen molar-refractivity contribution >= 4 is 51.6 Å². The van der Waals surface area contributed by atoms with Gasteiger partial charge in [-0.3, -0.25) is 4.79 Å². The summed E-state index contributed by atoms with van der Waals surface area (Å²) in [6, 6.07) is 0. The third-order valence-corrected chi connectivity index (χ3v) is 3.47. The van der Waals surface area contributed by atoms with Crippen LogP contribution < -0.4 is 0 Å². The summed E-state index contributed by atoms with van der Waals surface area (Å²) in [7, 11) is 0. The maximum atomic E-state index is 11.0. The largest absolute Gasteiger partial charge is 0.281 e. The summed E-state index contributed by atoms with van der Waals surface area (Å²) >= 11 is 13.3. The summed E-state index contributed by atoms with van der Waals surface area (Å²) < 4.78 is 3.73. The van der Waals surface area contributed by atoms with Crippen molar-refractivity contribution in [1.29, 1.82) is 0 Å². The molecule has 0 radical (unpaired) electrons. The van der Waals surface area contributed by atoms with Gasteiger partial charge in [0.05, 0.1) is 0 Å². The predicted octanol–water partition coefficient (Wildman–Crippen LogP) is 2.95. The van der Waals surface area contributed by atoms with E-state index < -0.39 is 0 Å². The van der Waals surface area contributed by atoms with Crippen LogP contribution in [0.25, 0.3) is 0 Å². The van der Waals surface area contributed by atoms with E-state index in [9.17, 15) is 4.79 Å². The average Bonchev–Trinajstić information content (AvgIpc) is 2.32. The molecule has 0 aromatic carbocycles. The lowest BCUT2D eigenvalue weighted by molar-refractivity contribution is 0.109. The smallest absolute Gasteiger partial charge is 0.232 e. The minimum atomic E-state index is -0.0978. The molecule has 0 bridgehead atoms. The minimum absolute atomic E-state index is 0.0978. The van der Waals surface area contributed by atoms with Crippen molar-refractivity contribution in [3.63, 3.8) is 0 Å². The van der Waals surface area contributed by atoms with E-state index in [0.29, 0.717) is 4.88 Å². The lowest BCUT2D eigenvalue weighted by Crippen LogP contribution is -1.86. The van der Waals surface area contributed by atoms with Gasteiger partial charge in [-0.1, -0.05) is 35.0 Å². The van der Waals surface area contributed by atoms with E-state index in [2.05, 4.69) is 4.37 Å². The van der Waals surface area contributed by atoms with E-state index in [-0.39, 0.29) is 15.3 Å². The maximum Gasteiger partial charge on any atom is 0.232 e. The lowest BCUT2D eigenvalue weighted by atomic mass is 10.5. The Balaban J connectivity index is 3.04. The molecule has 11 heavy (non-hydrogen) atoms. The molecule has 60 valence electrons. The number of carbonyl (C=O) groups is 1. The summed E-state index contributed by atoms with van der Waals surface area (Å²) in [4.78, 5) is 11.5. The molecule has 0 fully saturated rings. The molecule has 1 aromatic rings. The summed E-state index contributed by atoms with van der Waals surface area (Å²) in [5.74, 6) is 0. The summed E-state index contributed by atoms with van der Waals surface area (Å²) in [6.07, 6.45) is 1.69. The second-order valence-corrected chi connectivity index (χ2v) is 3.90. The van der Waals surface area contributed by atoms with Crippen molar-refractivity contribution in [1.82, 2.24) is 4.37 Å². The van der Waals surface area contributed by atoms with E-state index in [1.54, 1.807) is 6.26 Å². The Labute approximate surface area is 82.1 Å². The third kappa shape index (κ3) is 1.87. The van der Waals surface area contributed by atoms with Gasteiger partial charge in [0.2, 0.25) is 5.12 Å². The first-order valence-corrected chi connectivity index (χ1v) is 5.31. The van der Waals surface area contributed by atoms with Crippen LogP contribution >= 0.6 is 46.5 Å². The van der Waals surface area contributed by atoms with Gasteiger partial charge in [0.15, 0.2) is 5.15 Å². The molecule has 0 spiro atoms. The first-order chi connectivity index (χ1) is 5.16. The molecule has 0 N–H and O–H groups in total. The highest BCUT2D eigenvalue weighted by molar-refractivity contribution is 8.13. The van der Waals surface area contributed by atoms with Crippen LogP contribution in [0.1, 0.15) is 9.67 Å². The Morgan fingerprint density at radius 2 is 2.27 bits per heavy atom. The van der Waals surface area contributed by atoms with Gasteiger partial charge in [-0.25, -0.2) is 0 Å². The van der Waals surface area contributed by atoms with Crippen LogP contribution in [-0.4, -0.2) is 15.7 Å². The molecular formula is C5H3Cl2NOS2. The molecule has 0 saturated heterocycles. The van der Waals surface area contributed by atoms with Crippen molar-refractivity contribution in [2.75, 3.05) is 6.26 Å². The van der Waals surface area contributed by atoms with E-state index in [1.807, 2.05) is 0 Å². The summed E-state index contributed by atoms with van der Waals surface area (Å²) in [5.41, 5.74) is 0. The fourth-order valence-corrected chi connectivity index (χ4v) is 2.23. The van der Waals surface area contributed by atoms with Gasteiger partial charge < -0.3 is 0 Å². The molecule has 0 aliphatic heterocycles. The van der Waals surface area contributed by atoms with Crippen LogP contribution in [0.2, 0.25) is 10.2 Å². The normalized spacial score (nSPS) is 10.1. The number of nitrogens with zero attached hydrogens (tertiary/aromatic N) is 1. The van der Waals surface area contributed by atoms with Crippen LogP contribution in [0.15, 0.2) is 0 Å². The molecule has 0 aliphatic carbocycles. The molecular weight excluding hydrogens is 225 g/mol. The van der Waals surface area contributed by atoms with Crippen molar-refractivity contribution in [3.8, 4) is 0 Å². The van der Waals surface area contributed by atoms with E-state index in [1.165, 1.54) is 0 Å². The molecule has 1 rings (SSSR count). The van der Waals surface area contributed by atoms with Gasteiger partial charge in [0.25, 0.3) is 0 Å². The minimum Gasteiger partial charge on any atom is -0.281 e. The van der Waals surface area contributed by atoms with Gasteiger partial charge in [-0.15, -0.1) is 0 Å². The standard InChI is InChI=1S/C5H3Cl2NOS2/c1-10-5(9)3-2(6)4(7)8-11-3/h1H3. The van der Waals surface area contributed by atoms with Crippen molar-refractivity contribution < 1.29 is 4.79 Å². The Kier molecular flexibility index (Phi) is 3.18. The van der Waals surface area contributed by atoms with Gasteiger partial charge in [-0.05, 0) is 17.8 Å². The zero-order valence-corrected chi connectivity index (χ0v) is 8.57. The van der Waals surface area contributed by atoms with Crippen LogP contribution in [0.4, 0.5) is 0 Å². The molecule has 2 nitrogen and oxygen atoms in total. The zero-order valence-electron chi connectivity index (χ0n) is 5.43. The molecule has 0 aliphatic rings. The second-order valence-electron chi connectivity index (χ2n) is 1.61. The first-order valence-electron chi connectivity index (χ1n) is 2.55. The van der Waals surface area contributed by atoms with Gasteiger partial charge >= 0.3 is 0 Å². The molecule has 0 amide bonds. The first kappa shape index (κ1) is 9.32. The highest BCUT2D eigenvalue weighted by Crippen LogP contribution is 2.30. The lowest BCUT2D eigenvalue weighted by Gasteiger charge is -1.89. The van der Waals surface area contributed by atoms with Crippen LogP contribution in [-0.2, 0) is 0 Å². The Morgan fingerprint density at radius 1 is 1.64 bits per heavy atom. The zero-order chi connectivity index (χ0) is 8.43. The SMILES string of the molecule is CSC(=O)c1snc(Cl)c1Cl. The fraction of sp³-hybridized carbons (Fsp3) is 0.200. The molecule has 0 saturated carbocycles. The quantitative estimate of drug-likeness (QED) is 0.740. The third-order valence-electron chi connectivity index (χ3n) is 0.968. The van der Waals surface area contributed by atoms with E-state index in [4.69, 9.17) is 23.2 Å². The number of hydrogen-bond donors (Lipinski definition) is 0. The topological polar surface area (TPSA) is 30.0 Å². The molecule has 0 atom stereocenters. The van der Waals surface area contributed by atoms with Gasteiger partial charge in [0.1, 0.15) is 9.90 Å². The Bertz CT molecular complexity index is 286. The monoisotopic (exact) mass is 227 g/mol. The highest BCUT2D eigenvalue weighted by Gasteiger charge is 2.15. The second kappa shape index (κ2) is 3.76. The summed E-state index contributed by atoms with van der Waals surface area (Å²) in [5, 5.41) is 0.365.